The molecule has 2 aromatic rings. The summed E-state index contributed by atoms with van der Waals surface area (Å²) >= 11 is 0. The highest BCUT2D eigenvalue weighted by atomic mass is 32.2. The highest BCUT2D eigenvalue weighted by Gasteiger charge is 2.31. The molecule has 0 saturated carbocycles. The molecule has 0 unspecified atom stereocenters. The number of alkyl halides is 3. The van der Waals surface area contributed by atoms with Gasteiger partial charge in [-0.2, -0.15) is 0 Å². The molecule has 9 nitrogen and oxygen atoms in total. The molecule has 2 rings (SSSR count). The van der Waals surface area contributed by atoms with E-state index in [9.17, 15) is 31.2 Å². The minimum absolute atomic E-state index is 0.172. The third-order valence-electron chi connectivity index (χ3n) is 2.98. The maximum atomic E-state index is 12.1. The van der Waals surface area contributed by atoms with Crippen LogP contribution in [-0.2, 0) is 17.1 Å². The minimum atomic E-state index is -4.92. The minimum Gasteiger partial charge on any atom is -0.406 e. The highest BCUT2D eigenvalue weighted by molar-refractivity contribution is 7.90. The van der Waals surface area contributed by atoms with Crippen LogP contribution in [-0.4, -0.2) is 35.2 Å². The lowest BCUT2D eigenvalue weighted by molar-refractivity contribution is -0.274. The number of carbonyl (C=O) groups excluding carboxylic acids is 1. The van der Waals surface area contributed by atoms with Crippen molar-refractivity contribution in [1.82, 2.24) is 19.1 Å². The van der Waals surface area contributed by atoms with Gasteiger partial charge in [-0.15, -0.1) is 23.0 Å². The van der Waals surface area contributed by atoms with E-state index >= 15 is 0 Å². The summed E-state index contributed by atoms with van der Waals surface area (Å²) in [5, 5.41) is 3.59. The first-order valence-electron chi connectivity index (χ1n) is 6.46. The molecule has 0 saturated heterocycles. The van der Waals surface area contributed by atoms with Gasteiger partial charge >= 0.3 is 18.1 Å². The Morgan fingerprint density at radius 2 is 1.80 bits per heavy atom. The monoisotopic (exact) mass is 380 g/mol. The van der Waals surface area contributed by atoms with Gasteiger partial charge in [0.2, 0.25) is 0 Å². The number of carbonyl (C=O) groups is 1. The van der Waals surface area contributed by atoms with Crippen LogP contribution in [0.1, 0.15) is 5.82 Å². The van der Waals surface area contributed by atoms with Crippen molar-refractivity contribution in [3.63, 3.8) is 0 Å². The molecule has 136 valence electrons. The van der Waals surface area contributed by atoms with Crippen molar-refractivity contribution in [1.29, 1.82) is 0 Å². The molecule has 13 heteroatoms. The van der Waals surface area contributed by atoms with Crippen LogP contribution in [0.5, 0.6) is 5.75 Å². The van der Waals surface area contributed by atoms with Crippen LogP contribution < -0.4 is 15.1 Å². The molecule has 0 fully saturated rings. The summed E-state index contributed by atoms with van der Waals surface area (Å²) in [6.07, 6.45) is -4.92. The Morgan fingerprint density at radius 1 is 1.24 bits per heavy atom. The summed E-state index contributed by atoms with van der Waals surface area (Å²) in [6.45, 7) is 1.43. The van der Waals surface area contributed by atoms with Crippen molar-refractivity contribution in [3.8, 4) is 5.75 Å². The lowest BCUT2D eigenvalue weighted by Gasteiger charge is -2.10. The van der Waals surface area contributed by atoms with Crippen LogP contribution in [0.2, 0.25) is 0 Å². The van der Waals surface area contributed by atoms with Crippen molar-refractivity contribution in [3.05, 3.63) is 40.6 Å². The third kappa shape index (κ3) is 4.17. The number of rotatable bonds is 3. The number of nitrogens with zero attached hydrogens (tertiary/aromatic N) is 3. The zero-order valence-corrected chi connectivity index (χ0v) is 13.6. The fraction of sp³-hybridized carbons (Fsp3) is 0.250. The van der Waals surface area contributed by atoms with Gasteiger partial charge in [0.05, 0.1) is 4.90 Å². The van der Waals surface area contributed by atoms with Crippen LogP contribution in [0.15, 0.2) is 34.0 Å². The Morgan fingerprint density at radius 3 is 2.24 bits per heavy atom. The molecule has 0 aliphatic rings. The fourth-order valence-corrected chi connectivity index (χ4v) is 2.63. The highest BCUT2D eigenvalue weighted by Crippen LogP contribution is 2.23. The number of halogens is 3. The third-order valence-corrected chi connectivity index (χ3v) is 4.32. The molecule has 0 atom stereocenters. The van der Waals surface area contributed by atoms with E-state index in [1.807, 2.05) is 0 Å². The van der Waals surface area contributed by atoms with E-state index in [4.69, 9.17) is 0 Å². The fourth-order valence-electron chi connectivity index (χ4n) is 1.70. The van der Waals surface area contributed by atoms with Crippen molar-refractivity contribution in [2.24, 2.45) is 7.05 Å². The van der Waals surface area contributed by atoms with E-state index in [-0.39, 0.29) is 5.82 Å². The van der Waals surface area contributed by atoms with E-state index in [1.165, 1.54) is 14.0 Å². The molecule has 25 heavy (non-hydrogen) atoms. The van der Waals surface area contributed by atoms with Gasteiger partial charge in [-0.3, -0.25) is 4.57 Å². The average molecular weight is 380 g/mol. The van der Waals surface area contributed by atoms with Crippen molar-refractivity contribution in [2.75, 3.05) is 0 Å². The normalized spacial score (nSPS) is 12.0. The van der Waals surface area contributed by atoms with Crippen LogP contribution in [0, 0.1) is 6.92 Å². The van der Waals surface area contributed by atoms with E-state index in [0.717, 1.165) is 28.8 Å². The summed E-state index contributed by atoms with van der Waals surface area (Å²) in [5.74, 6) is -0.458. The number of amides is 1. The summed E-state index contributed by atoms with van der Waals surface area (Å²) in [6, 6.07) is 1.82. The second-order valence-corrected chi connectivity index (χ2v) is 6.41. The van der Waals surface area contributed by atoms with Gasteiger partial charge in [0, 0.05) is 7.05 Å². The van der Waals surface area contributed by atoms with Crippen molar-refractivity contribution >= 4 is 16.1 Å². The van der Waals surface area contributed by atoms with Crippen LogP contribution in [0.4, 0.5) is 18.0 Å². The lowest BCUT2D eigenvalue weighted by atomic mass is 10.3. The number of aromatic nitrogens is 3. The largest absolute Gasteiger partial charge is 0.573 e. The number of hydrogen-bond donors (Lipinski definition) is 1. The molecular formula is C12H11F3N4O5S. The standard InChI is InChI=1S/C12H11F3N4O5S/c1-7-16-19(11(21)18(7)2)10(20)17-25(22,23)9-5-3-8(4-6-9)24-12(13,14)15/h3-6H,1-2H3,(H,17,20). The average Bonchev–Trinajstić information content (AvgIpc) is 2.73. The van der Waals surface area contributed by atoms with Crippen LogP contribution in [0.25, 0.3) is 0 Å². The number of benzene rings is 1. The molecule has 1 amide bonds. The second-order valence-electron chi connectivity index (χ2n) is 4.73. The van der Waals surface area contributed by atoms with Gasteiger partial charge in [-0.1, -0.05) is 0 Å². The maximum Gasteiger partial charge on any atom is 0.573 e. The first-order chi connectivity index (χ1) is 11.4. The Labute approximate surface area is 138 Å². The molecule has 0 bridgehead atoms. The smallest absolute Gasteiger partial charge is 0.406 e. The molecule has 0 aliphatic heterocycles. The zero-order chi connectivity index (χ0) is 19.0. The number of sulfonamides is 1. The maximum absolute atomic E-state index is 12.1. The zero-order valence-electron chi connectivity index (χ0n) is 12.7. The molecule has 0 radical (unpaired) electrons. The predicted molar refractivity (Wildman–Crippen MR) is 76.4 cm³/mol. The van der Waals surface area contributed by atoms with Crippen molar-refractivity contribution < 1.29 is 31.1 Å². The van der Waals surface area contributed by atoms with E-state index in [1.54, 1.807) is 4.72 Å². The van der Waals surface area contributed by atoms with E-state index in [0.29, 0.717) is 4.68 Å². The summed E-state index contributed by atoms with van der Waals surface area (Å²) in [5.41, 5.74) is -0.862. The van der Waals surface area contributed by atoms with Gasteiger partial charge in [-0.25, -0.2) is 22.7 Å². The van der Waals surface area contributed by atoms with Gasteiger partial charge in [0.1, 0.15) is 11.6 Å². The SMILES string of the molecule is Cc1nn(C(=O)NS(=O)(=O)c2ccc(OC(F)(F)F)cc2)c(=O)n1C. The predicted octanol–water partition coefficient (Wildman–Crippen LogP) is 0.735. The number of aryl methyl sites for hydroxylation is 1. The van der Waals surface area contributed by atoms with E-state index in [2.05, 4.69) is 9.84 Å². The summed E-state index contributed by atoms with van der Waals surface area (Å²) < 4.78 is 66.9. The Hall–Kier alpha value is -2.83. The molecule has 0 spiro atoms. The van der Waals surface area contributed by atoms with Gasteiger partial charge in [0.15, 0.2) is 0 Å². The number of ether oxygens (including phenoxy) is 1. The van der Waals surface area contributed by atoms with Crippen molar-refractivity contribution in [2.45, 2.75) is 18.2 Å². The first-order valence-corrected chi connectivity index (χ1v) is 7.94. The van der Waals surface area contributed by atoms with Crippen LogP contribution in [0.3, 0.4) is 0 Å². The molecule has 1 aromatic carbocycles. The molecule has 1 aromatic heterocycles. The first kappa shape index (κ1) is 18.5. The van der Waals surface area contributed by atoms with E-state index < -0.39 is 38.8 Å². The number of nitrogens with one attached hydrogen (secondary N) is 1. The lowest BCUT2D eigenvalue weighted by Crippen LogP contribution is -2.40. The molecule has 1 heterocycles. The van der Waals surface area contributed by atoms with Gasteiger partial charge in [0.25, 0.3) is 10.0 Å². The van der Waals surface area contributed by atoms with Gasteiger partial charge < -0.3 is 4.74 Å². The number of hydrogen-bond acceptors (Lipinski definition) is 6. The second kappa shape index (κ2) is 6.23. The molecular weight excluding hydrogens is 369 g/mol. The Bertz CT molecular complexity index is 960. The summed E-state index contributed by atoms with van der Waals surface area (Å²) in [7, 11) is -3.10. The molecule has 1 N–H and O–H groups in total. The Kier molecular flexibility index (Phi) is 4.61. The summed E-state index contributed by atoms with van der Waals surface area (Å²) in [4.78, 5) is 23.1. The molecule has 0 aliphatic carbocycles. The van der Waals surface area contributed by atoms with Crippen LogP contribution >= 0.6 is 0 Å². The topological polar surface area (TPSA) is 112 Å². The quantitative estimate of drug-likeness (QED) is 0.840. The van der Waals surface area contributed by atoms with Gasteiger partial charge in [-0.05, 0) is 31.2 Å². The Balaban J connectivity index is 2.22.